The smallest absolute Gasteiger partial charge is 0.119 e. The quantitative estimate of drug-likeness (QED) is 0.889. The lowest BCUT2D eigenvalue weighted by Gasteiger charge is -2.18. The van der Waals surface area contributed by atoms with Gasteiger partial charge in [0, 0.05) is 11.8 Å². The molecule has 3 heteroatoms. The molecule has 0 amide bonds. The Labute approximate surface area is 107 Å². The SMILES string of the molecule is c1cc2c(cc1OCC1CCCS1)CCNC2. The molecule has 2 heterocycles. The maximum Gasteiger partial charge on any atom is 0.119 e. The summed E-state index contributed by atoms with van der Waals surface area (Å²) in [7, 11) is 0. The Morgan fingerprint density at radius 1 is 1.35 bits per heavy atom. The van der Waals surface area contributed by atoms with Crippen LogP contribution in [0.4, 0.5) is 0 Å². The van der Waals surface area contributed by atoms with E-state index in [0.717, 1.165) is 31.9 Å². The van der Waals surface area contributed by atoms with Crippen LogP contribution in [0.25, 0.3) is 0 Å². The lowest BCUT2D eigenvalue weighted by atomic mass is 10.0. The van der Waals surface area contributed by atoms with Crippen molar-refractivity contribution < 1.29 is 4.74 Å². The van der Waals surface area contributed by atoms with Crippen molar-refractivity contribution in [3.05, 3.63) is 29.3 Å². The summed E-state index contributed by atoms with van der Waals surface area (Å²) < 4.78 is 5.91. The number of hydrogen-bond donors (Lipinski definition) is 1. The van der Waals surface area contributed by atoms with Crippen LogP contribution in [0.15, 0.2) is 18.2 Å². The summed E-state index contributed by atoms with van der Waals surface area (Å²) in [5.41, 5.74) is 2.89. The molecule has 1 N–H and O–H groups in total. The van der Waals surface area contributed by atoms with Crippen LogP contribution in [0.3, 0.4) is 0 Å². The zero-order valence-electron chi connectivity index (χ0n) is 10.1. The average molecular weight is 249 g/mol. The van der Waals surface area contributed by atoms with E-state index in [1.807, 2.05) is 0 Å². The molecule has 2 aliphatic rings. The normalized spacial score (nSPS) is 23.4. The Morgan fingerprint density at radius 2 is 2.35 bits per heavy atom. The fourth-order valence-corrected chi connectivity index (χ4v) is 3.67. The monoisotopic (exact) mass is 249 g/mol. The number of thioether (sulfide) groups is 1. The molecule has 0 bridgehead atoms. The summed E-state index contributed by atoms with van der Waals surface area (Å²) in [5.74, 6) is 2.36. The molecule has 1 atom stereocenters. The minimum absolute atomic E-state index is 0.715. The summed E-state index contributed by atoms with van der Waals surface area (Å²) in [5, 5.41) is 4.11. The molecule has 1 aromatic carbocycles. The van der Waals surface area contributed by atoms with Gasteiger partial charge in [0.2, 0.25) is 0 Å². The maximum absolute atomic E-state index is 5.91. The van der Waals surface area contributed by atoms with Gasteiger partial charge in [-0.3, -0.25) is 0 Å². The standard InChI is InChI=1S/C14H19NOS/c1-2-14(17-7-1)10-16-13-4-3-12-9-15-6-5-11(12)8-13/h3-4,8,14-15H,1-2,5-7,9-10H2. The largest absolute Gasteiger partial charge is 0.492 e. The third kappa shape index (κ3) is 2.78. The first kappa shape index (κ1) is 11.4. The first-order valence-electron chi connectivity index (χ1n) is 6.49. The number of benzene rings is 1. The molecule has 0 radical (unpaired) electrons. The Bertz CT molecular complexity index is 388. The average Bonchev–Trinajstić information content (AvgIpc) is 2.89. The predicted octanol–water partition coefficient (Wildman–Crippen LogP) is 2.61. The van der Waals surface area contributed by atoms with Crippen molar-refractivity contribution in [1.82, 2.24) is 5.32 Å². The molecule has 2 nitrogen and oxygen atoms in total. The van der Waals surface area contributed by atoms with Gasteiger partial charge in [0.05, 0.1) is 0 Å². The summed E-state index contributed by atoms with van der Waals surface area (Å²) in [4.78, 5) is 0. The Kier molecular flexibility index (Phi) is 3.57. The highest BCUT2D eigenvalue weighted by Gasteiger charge is 2.16. The van der Waals surface area contributed by atoms with Gasteiger partial charge in [0.15, 0.2) is 0 Å². The molecular formula is C14H19NOS. The molecule has 3 rings (SSSR count). The van der Waals surface area contributed by atoms with Gasteiger partial charge < -0.3 is 10.1 Å². The zero-order valence-corrected chi connectivity index (χ0v) is 10.9. The predicted molar refractivity (Wildman–Crippen MR) is 72.8 cm³/mol. The molecule has 1 unspecified atom stereocenters. The first-order valence-corrected chi connectivity index (χ1v) is 7.53. The van der Waals surface area contributed by atoms with Crippen molar-refractivity contribution in [3.8, 4) is 5.75 Å². The van der Waals surface area contributed by atoms with Crippen molar-refractivity contribution in [2.45, 2.75) is 31.1 Å². The minimum Gasteiger partial charge on any atom is -0.492 e. The van der Waals surface area contributed by atoms with E-state index < -0.39 is 0 Å². The van der Waals surface area contributed by atoms with E-state index in [0.29, 0.717) is 5.25 Å². The van der Waals surface area contributed by atoms with E-state index in [2.05, 4.69) is 35.3 Å². The second-order valence-corrected chi connectivity index (χ2v) is 6.21. The van der Waals surface area contributed by atoms with Crippen LogP contribution in [0, 0.1) is 0 Å². The lowest BCUT2D eigenvalue weighted by Crippen LogP contribution is -2.23. The van der Waals surface area contributed by atoms with E-state index in [4.69, 9.17) is 4.74 Å². The van der Waals surface area contributed by atoms with Crippen molar-refractivity contribution in [3.63, 3.8) is 0 Å². The lowest BCUT2D eigenvalue weighted by molar-refractivity contribution is 0.314. The highest BCUT2D eigenvalue weighted by molar-refractivity contribution is 8.00. The van der Waals surface area contributed by atoms with Gasteiger partial charge in [-0.15, -0.1) is 0 Å². The maximum atomic E-state index is 5.91. The van der Waals surface area contributed by atoms with E-state index in [1.54, 1.807) is 0 Å². The van der Waals surface area contributed by atoms with Crippen molar-refractivity contribution >= 4 is 11.8 Å². The van der Waals surface area contributed by atoms with Crippen molar-refractivity contribution in [2.75, 3.05) is 18.9 Å². The third-order valence-corrected chi connectivity index (χ3v) is 4.89. The Balaban J connectivity index is 1.62. The minimum atomic E-state index is 0.715. The van der Waals surface area contributed by atoms with E-state index >= 15 is 0 Å². The van der Waals surface area contributed by atoms with Crippen LogP contribution in [-0.4, -0.2) is 24.2 Å². The van der Waals surface area contributed by atoms with Crippen LogP contribution in [-0.2, 0) is 13.0 Å². The summed E-state index contributed by atoms with van der Waals surface area (Å²) in [6.07, 6.45) is 3.80. The number of nitrogens with one attached hydrogen (secondary N) is 1. The van der Waals surface area contributed by atoms with Crippen LogP contribution >= 0.6 is 11.8 Å². The van der Waals surface area contributed by atoms with Crippen LogP contribution < -0.4 is 10.1 Å². The van der Waals surface area contributed by atoms with Crippen LogP contribution in [0.1, 0.15) is 24.0 Å². The highest BCUT2D eigenvalue weighted by atomic mass is 32.2. The Morgan fingerprint density at radius 3 is 3.24 bits per heavy atom. The fourth-order valence-electron chi connectivity index (χ4n) is 2.51. The number of rotatable bonds is 3. The van der Waals surface area contributed by atoms with Crippen LogP contribution in [0.5, 0.6) is 5.75 Å². The second kappa shape index (κ2) is 5.32. The molecule has 0 saturated carbocycles. The molecule has 2 aliphatic heterocycles. The molecule has 17 heavy (non-hydrogen) atoms. The second-order valence-electron chi connectivity index (χ2n) is 4.80. The number of hydrogen-bond acceptors (Lipinski definition) is 3. The van der Waals surface area contributed by atoms with Crippen molar-refractivity contribution in [1.29, 1.82) is 0 Å². The van der Waals surface area contributed by atoms with E-state index in [1.165, 1.54) is 29.7 Å². The zero-order chi connectivity index (χ0) is 11.5. The van der Waals surface area contributed by atoms with Gasteiger partial charge >= 0.3 is 0 Å². The van der Waals surface area contributed by atoms with Gasteiger partial charge in [-0.2, -0.15) is 11.8 Å². The fraction of sp³-hybridized carbons (Fsp3) is 0.571. The van der Waals surface area contributed by atoms with Gasteiger partial charge in [0.25, 0.3) is 0 Å². The summed E-state index contributed by atoms with van der Waals surface area (Å²) >= 11 is 2.06. The molecule has 0 aromatic heterocycles. The molecule has 92 valence electrons. The van der Waals surface area contributed by atoms with Gasteiger partial charge in [-0.05, 0) is 54.8 Å². The van der Waals surface area contributed by atoms with E-state index in [-0.39, 0.29) is 0 Å². The molecule has 1 fully saturated rings. The molecular weight excluding hydrogens is 230 g/mol. The molecule has 0 spiro atoms. The van der Waals surface area contributed by atoms with Crippen molar-refractivity contribution in [2.24, 2.45) is 0 Å². The molecule has 1 saturated heterocycles. The summed E-state index contributed by atoms with van der Waals surface area (Å²) in [6, 6.07) is 6.56. The Hall–Kier alpha value is -0.670. The van der Waals surface area contributed by atoms with Crippen LogP contribution in [0.2, 0.25) is 0 Å². The highest BCUT2D eigenvalue weighted by Crippen LogP contribution is 2.27. The van der Waals surface area contributed by atoms with Gasteiger partial charge in [-0.1, -0.05) is 6.07 Å². The molecule has 0 aliphatic carbocycles. The first-order chi connectivity index (χ1) is 8.42. The van der Waals surface area contributed by atoms with Gasteiger partial charge in [-0.25, -0.2) is 0 Å². The van der Waals surface area contributed by atoms with Gasteiger partial charge in [0.1, 0.15) is 12.4 Å². The number of ether oxygens (including phenoxy) is 1. The molecule has 1 aromatic rings. The third-order valence-electron chi connectivity index (χ3n) is 3.52. The van der Waals surface area contributed by atoms with E-state index in [9.17, 15) is 0 Å². The number of fused-ring (bicyclic) bond motifs is 1. The summed E-state index contributed by atoms with van der Waals surface area (Å²) in [6.45, 7) is 2.98. The topological polar surface area (TPSA) is 21.3 Å².